The van der Waals surface area contributed by atoms with Gasteiger partial charge in [-0.2, -0.15) is 0 Å². The molecule has 0 bridgehead atoms. The van der Waals surface area contributed by atoms with Crippen LogP contribution in [0.25, 0.3) is 6.08 Å². The molecule has 0 unspecified atom stereocenters. The number of nitrogens with zero attached hydrogens (tertiary/aromatic N) is 2. The third kappa shape index (κ3) is 2.18. The maximum Gasteiger partial charge on any atom is 0.240 e. The Kier molecular flexibility index (Phi) is 2.83. The zero-order valence-electron chi connectivity index (χ0n) is 6.87. The molecule has 11 heavy (non-hydrogen) atoms. The largest absolute Gasteiger partial charge is 0.421 e. The van der Waals surface area contributed by atoms with E-state index in [4.69, 9.17) is 4.42 Å². The van der Waals surface area contributed by atoms with Crippen LogP contribution in [0.1, 0.15) is 32.0 Å². The Bertz CT molecular complexity index is 240. The Balaban J connectivity index is 2.65. The van der Waals surface area contributed by atoms with Gasteiger partial charge < -0.3 is 4.42 Å². The third-order valence-corrected chi connectivity index (χ3v) is 1.28. The number of hydrogen-bond acceptors (Lipinski definition) is 3. The summed E-state index contributed by atoms with van der Waals surface area (Å²) in [5, 5.41) is 7.64. The summed E-state index contributed by atoms with van der Waals surface area (Å²) in [6.45, 7) is 4.05. The van der Waals surface area contributed by atoms with E-state index >= 15 is 0 Å². The SMILES string of the molecule is CC/C=C/c1nnc(CC)o1. The molecule has 0 saturated heterocycles. The lowest BCUT2D eigenvalue weighted by atomic mass is 10.4. The first-order chi connectivity index (χ1) is 5.36. The molecule has 1 heterocycles. The summed E-state index contributed by atoms with van der Waals surface area (Å²) >= 11 is 0. The summed E-state index contributed by atoms with van der Waals surface area (Å²) in [6, 6.07) is 0. The van der Waals surface area contributed by atoms with E-state index in [1.165, 1.54) is 0 Å². The summed E-state index contributed by atoms with van der Waals surface area (Å²) in [6.07, 6.45) is 5.62. The van der Waals surface area contributed by atoms with Crippen molar-refractivity contribution in [2.24, 2.45) is 0 Å². The maximum absolute atomic E-state index is 5.23. The second-order valence-corrected chi connectivity index (χ2v) is 2.20. The molecule has 60 valence electrons. The van der Waals surface area contributed by atoms with Crippen LogP contribution in [0, 0.1) is 0 Å². The molecule has 1 aromatic heterocycles. The Morgan fingerprint density at radius 3 is 2.73 bits per heavy atom. The summed E-state index contributed by atoms with van der Waals surface area (Å²) in [5.74, 6) is 1.30. The Labute approximate surface area is 66.1 Å². The molecule has 1 rings (SSSR count). The first kappa shape index (κ1) is 7.98. The molecule has 3 nitrogen and oxygen atoms in total. The average molecular weight is 152 g/mol. The van der Waals surface area contributed by atoms with E-state index in [0.717, 1.165) is 12.8 Å². The molecule has 0 aliphatic heterocycles. The van der Waals surface area contributed by atoms with Crippen LogP contribution in [0.5, 0.6) is 0 Å². The van der Waals surface area contributed by atoms with Gasteiger partial charge in [0.15, 0.2) is 0 Å². The first-order valence-corrected chi connectivity index (χ1v) is 3.85. The lowest BCUT2D eigenvalue weighted by Crippen LogP contribution is -1.76. The van der Waals surface area contributed by atoms with Gasteiger partial charge in [0.05, 0.1) is 0 Å². The van der Waals surface area contributed by atoms with E-state index in [0.29, 0.717) is 11.8 Å². The molecule has 0 aromatic carbocycles. The summed E-state index contributed by atoms with van der Waals surface area (Å²) in [7, 11) is 0. The van der Waals surface area contributed by atoms with Crippen molar-refractivity contribution >= 4 is 6.08 Å². The van der Waals surface area contributed by atoms with Crippen LogP contribution < -0.4 is 0 Å². The molecule has 0 fully saturated rings. The quantitative estimate of drug-likeness (QED) is 0.665. The Hall–Kier alpha value is -1.12. The van der Waals surface area contributed by atoms with Crippen LogP contribution in [0.3, 0.4) is 0 Å². The summed E-state index contributed by atoms with van der Waals surface area (Å²) < 4.78 is 5.23. The zero-order valence-corrected chi connectivity index (χ0v) is 6.87. The van der Waals surface area contributed by atoms with Crippen molar-refractivity contribution in [3.05, 3.63) is 17.9 Å². The topological polar surface area (TPSA) is 38.9 Å². The fourth-order valence-electron chi connectivity index (χ4n) is 0.695. The number of hydrogen-bond donors (Lipinski definition) is 0. The van der Waals surface area contributed by atoms with Crippen LogP contribution in [0.4, 0.5) is 0 Å². The predicted octanol–water partition coefficient (Wildman–Crippen LogP) is 2.06. The van der Waals surface area contributed by atoms with Crippen molar-refractivity contribution < 1.29 is 4.42 Å². The third-order valence-electron chi connectivity index (χ3n) is 1.28. The van der Waals surface area contributed by atoms with Crippen LogP contribution in [0.2, 0.25) is 0 Å². The van der Waals surface area contributed by atoms with Gasteiger partial charge in [0.25, 0.3) is 0 Å². The highest BCUT2D eigenvalue weighted by molar-refractivity contribution is 5.36. The number of rotatable bonds is 3. The highest BCUT2D eigenvalue weighted by Gasteiger charge is 1.97. The van der Waals surface area contributed by atoms with E-state index in [9.17, 15) is 0 Å². The predicted molar refractivity (Wildman–Crippen MR) is 43.0 cm³/mol. The van der Waals surface area contributed by atoms with Gasteiger partial charge in [0.1, 0.15) is 0 Å². The van der Waals surface area contributed by atoms with Crippen LogP contribution in [-0.2, 0) is 6.42 Å². The van der Waals surface area contributed by atoms with Gasteiger partial charge in [0.2, 0.25) is 11.8 Å². The number of aromatic nitrogens is 2. The van der Waals surface area contributed by atoms with E-state index < -0.39 is 0 Å². The summed E-state index contributed by atoms with van der Waals surface area (Å²) in [4.78, 5) is 0. The van der Waals surface area contributed by atoms with Crippen molar-refractivity contribution in [2.45, 2.75) is 26.7 Å². The monoisotopic (exact) mass is 152 g/mol. The molecule has 0 N–H and O–H groups in total. The van der Waals surface area contributed by atoms with Crippen molar-refractivity contribution in [2.75, 3.05) is 0 Å². The van der Waals surface area contributed by atoms with E-state index in [2.05, 4.69) is 17.1 Å². The fraction of sp³-hybridized carbons (Fsp3) is 0.500. The molecule has 0 saturated carbocycles. The normalized spacial score (nSPS) is 11.1. The highest BCUT2D eigenvalue weighted by atomic mass is 16.4. The lowest BCUT2D eigenvalue weighted by Gasteiger charge is -1.80. The molecule has 0 aliphatic carbocycles. The minimum Gasteiger partial charge on any atom is -0.421 e. The molecular weight excluding hydrogens is 140 g/mol. The van der Waals surface area contributed by atoms with Crippen LogP contribution in [-0.4, -0.2) is 10.2 Å². The Morgan fingerprint density at radius 2 is 2.18 bits per heavy atom. The molecule has 0 spiro atoms. The maximum atomic E-state index is 5.23. The Morgan fingerprint density at radius 1 is 1.36 bits per heavy atom. The van der Waals surface area contributed by atoms with Crippen molar-refractivity contribution in [3.63, 3.8) is 0 Å². The molecule has 0 radical (unpaired) electrons. The van der Waals surface area contributed by atoms with Crippen molar-refractivity contribution in [1.82, 2.24) is 10.2 Å². The molecule has 3 heteroatoms. The first-order valence-electron chi connectivity index (χ1n) is 3.85. The van der Waals surface area contributed by atoms with Crippen molar-refractivity contribution in [3.8, 4) is 0 Å². The van der Waals surface area contributed by atoms with Crippen LogP contribution >= 0.6 is 0 Å². The van der Waals surface area contributed by atoms with Gasteiger partial charge in [-0.15, -0.1) is 10.2 Å². The van der Waals surface area contributed by atoms with Gasteiger partial charge >= 0.3 is 0 Å². The van der Waals surface area contributed by atoms with Gasteiger partial charge in [-0.1, -0.05) is 19.9 Å². The highest BCUT2D eigenvalue weighted by Crippen LogP contribution is 2.02. The van der Waals surface area contributed by atoms with Crippen molar-refractivity contribution in [1.29, 1.82) is 0 Å². The number of allylic oxidation sites excluding steroid dienone is 1. The summed E-state index contributed by atoms with van der Waals surface area (Å²) in [5.41, 5.74) is 0. The molecular formula is C8H12N2O. The molecule has 0 aliphatic rings. The fourth-order valence-corrected chi connectivity index (χ4v) is 0.695. The average Bonchev–Trinajstić information content (AvgIpc) is 2.48. The minimum atomic E-state index is 0.601. The number of aryl methyl sites for hydroxylation is 1. The zero-order chi connectivity index (χ0) is 8.10. The second kappa shape index (κ2) is 3.91. The van der Waals surface area contributed by atoms with E-state index in [-0.39, 0.29) is 0 Å². The second-order valence-electron chi connectivity index (χ2n) is 2.20. The molecule has 0 atom stereocenters. The molecule has 1 aromatic rings. The minimum absolute atomic E-state index is 0.601. The van der Waals surface area contributed by atoms with Gasteiger partial charge in [-0.3, -0.25) is 0 Å². The van der Waals surface area contributed by atoms with Crippen LogP contribution in [0.15, 0.2) is 10.5 Å². The van der Waals surface area contributed by atoms with Gasteiger partial charge in [-0.05, 0) is 12.5 Å². The van der Waals surface area contributed by atoms with E-state index in [1.54, 1.807) is 0 Å². The van der Waals surface area contributed by atoms with Gasteiger partial charge in [-0.25, -0.2) is 0 Å². The van der Waals surface area contributed by atoms with E-state index in [1.807, 2.05) is 19.1 Å². The standard InChI is InChI=1S/C8H12N2O/c1-3-5-6-8-10-9-7(4-2)11-8/h5-6H,3-4H2,1-2H3/b6-5+. The van der Waals surface area contributed by atoms with Gasteiger partial charge in [0, 0.05) is 6.42 Å². The lowest BCUT2D eigenvalue weighted by molar-refractivity contribution is 0.491. The smallest absolute Gasteiger partial charge is 0.240 e. The molecule has 0 amide bonds.